The van der Waals surface area contributed by atoms with Gasteiger partial charge in [0, 0.05) is 25.0 Å². The molecule has 17 heavy (non-hydrogen) atoms. The molecule has 0 aliphatic carbocycles. The first-order valence-electron chi connectivity index (χ1n) is 5.70. The van der Waals surface area contributed by atoms with Crippen molar-refractivity contribution in [2.45, 2.75) is 39.8 Å². The highest BCUT2D eigenvalue weighted by Gasteiger charge is 2.31. The number of carbonyl (C=O) groups excluding carboxylic acids is 1. The third-order valence-electron chi connectivity index (χ3n) is 2.88. The molecular formula is C12H18N4O. The zero-order chi connectivity index (χ0) is 12.9. The van der Waals surface area contributed by atoms with Crippen LogP contribution in [0.1, 0.15) is 27.2 Å². The molecule has 0 saturated heterocycles. The van der Waals surface area contributed by atoms with Gasteiger partial charge in [0.1, 0.15) is 5.41 Å². The number of carbonyl (C=O) groups is 1. The van der Waals surface area contributed by atoms with Gasteiger partial charge < -0.3 is 9.88 Å². The Morgan fingerprint density at radius 1 is 1.71 bits per heavy atom. The van der Waals surface area contributed by atoms with E-state index in [0.29, 0.717) is 13.0 Å². The van der Waals surface area contributed by atoms with Crippen LogP contribution in [-0.4, -0.2) is 21.5 Å². The first-order valence-corrected chi connectivity index (χ1v) is 5.70. The molecule has 0 bridgehead atoms. The number of rotatable bonds is 5. The molecule has 2 unspecified atom stereocenters. The summed E-state index contributed by atoms with van der Waals surface area (Å²) < 4.78 is 1.89. The average molecular weight is 234 g/mol. The number of imidazole rings is 1. The van der Waals surface area contributed by atoms with Crippen LogP contribution in [0.2, 0.25) is 0 Å². The Bertz CT molecular complexity index is 407. The number of nitriles is 1. The standard InChI is InChI=1S/C12H18N4O/c1-4-12(3,8-13)11(17)15-10(2)7-16-6-5-14-9-16/h5-6,9-10H,4,7H2,1-3H3,(H,15,17). The molecule has 1 aromatic rings. The summed E-state index contributed by atoms with van der Waals surface area (Å²) in [7, 11) is 0. The van der Waals surface area contributed by atoms with Gasteiger partial charge in [-0.2, -0.15) is 5.26 Å². The third kappa shape index (κ3) is 3.31. The molecule has 0 aliphatic rings. The summed E-state index contributed by atoms with van der Waals surface area (Å²) in [5.74, 6) is -0.213. The maximum absolute atomic E-state index is 11.9. The van der Waals surface area contributed by atoms with Crippen molar-refractivity contribution in [3.63, 3.8) is 0 Å². The van der Waals surface area contributed by atoms with Crippen molar-refractivity contribution >= 4 is 5.91 Å². The van der Waals surface area contributed by atoms with E-state index >= 15 is 0 Å². The average Bonchev–Trinajstić information content (AvgIpc) is 2.80. The summed E-state index contributed by atoms with van der Waals surface area (Å²) in [6.07, 6.45) is 5.74. The van der Waals surface area contributed by atoms with Gasteiger partial charge in [-0.3, -0.25) is 4.79 Å². The Labute approximate surface area is 101 Å². The number of nitrogens with zero attached hydrogens (tertiary/aromatic N) is 3. The lowest BCUT2D eigenvalue weighted by Crippen LogP contribution is -2.43. The summed E-state index contributed by atoms with van der Waals surface area (Å²) in [6.45, 7) is 6.05. The molecule has 5 heteroatoms. The number of amides is 1. The molecule has 0 spiro atoms. The molecule has 1 aromatic heterocycles. The van der Waals surface area contributed by atoms with Gasteiger partial charge in [-0.1, -0.05) is 6.92 Å². The van der Waals surface area contributed by atoms with Crippen LogP contribution in [0, 0.1) is 16.7 Å². The largest absolute Gasteiger partial charge is 0.350 e. The van der Waals surface area contributed by atoms with Crippen LogP contribution in [0.4, 0.5) is 0 Å². The predicted octanol–water partition coefficient (Wildman–Crippen LogP) is 1.33. The molecule has 2 atom stereocenters. The van der Waals surface area contributed by atoms with Crippen LogP contribution < -0.4 is 5.32 Å². The second-order valence-electron chi connectivity index (χ2n) is 4.43. The van der Waals surface area contributed by atoms with Gasteiger partial charge in [0.05, 0.1) is 12.4 Å². The van der Waals surface area contributed by atoms with E-state index < -0.39 is 5.41 Å². The SMILES string of the molecule is CCC(C)(C#N)C(=O)NC(C)Cn1ccnc1. The van der Waals surface area contributed by atoms with Gasteiger partial charge in [0.15, 0.2) is 0 Å². The van der Waals surface area contributed by atoms with E-state index in [1.54, 1.807) is 19.4 Å². The fourth-order valence-electron chi connectivity index (χ4n) is 1.43. The van der Waals surface area contributed by atoms with Crippen molar-refractivity contribution in [2.75, 3.05) is 0 Å². The highest BCUT2D eigenvalue weighted by Crippen LogP contribution is 2.19. The van der Waals surface area contributed by atoms with Gasteiger partial charge >= 0.3 is 0 Å². The second kappa shape index (κ2) is 5.48. The van der Waals surface area contributed by atoms with E-state index in [1.807, 2.05) is 24.6 Å². The van der Waals surface area contributed by atoms with Crippen LogP contribution in [0.5, 0.6) is 0 Å². The van der Waals surface area contributed by atoms with Crippen LogP contribution in [-0.2, 0) is 11.3 Å². The summed E-state index contributed by atoms with van der Waals surface area (Å²) in [5, 5.41) is 11.8. The van der Waals surface area contributed by atoms with Gasteiger partial charge in [0.25, 0.3) is 0 Å². The predicted molar refractivity (Wildman–Crippen MR) is 63.8 cm³/mol. The summed E-state index contributed by atoms with van der Waals surface area (Å²) >= 11 is 0. The maximum atomic E-state index is 11.9. The molecule has 0 fully saturated rings. The van der Waals surface area contributed by atoms with Gasteiger partial charge in [-0.25, -0.2) is 4.98 Å². The Kier molecular flexibility index (Phi) is 4.27. The van der Waals surface area contributed by atoms with E-state index in [-0.39, 0.29) is 11.9 Å². The Balaban J connectivity index is 2.54. The number of nitrogens with one attached hydrogen (secondary N) is 1. The monoisotopic (exact) mass is 234 g/mol. The van der Waals surface area contributed by atoms with Gasteiger partial charge in [-0.15, -0.1) is 0 Å². The van der Waals surface area contributed by atoms with Crippen molar-refractivity contribution in [2.24, 2.45) is 5.41 Å². The van der Waals surface area contributed by atoms with Crippen LogP contribution in [0.3, 0.4) is 0 Å². The third-order valence-corrected chi connectivity index (χ3v) is 2.88. The quantitative estimate of drug-likeness (QED) is 0.835. The van der Waals surface area contributed by atoms with E-state index in [2.05, 4.69) is 16.4 Å². The highest BCUT2D eigenvalue weighted by molar-refractivity contribution is 5.85. The molecule has 0 saturated carbocycles. The minimum Gasteiger partial charge on any atom is -0.350 e. The molecule has 1 amide bonds. The number of aromatic nitrogens is 2. The second-order valence-corrected chi connectivity index (χ2v) is 4.43. The van der Waals surface area contributed by atoms with Crippen molar-refractivity contribution in [1.82, 2.24) is 14.9 Å². The molecular weight excluding hydrogens is 216 g/mol. The van der Waals surface area contributed by atoms with Crippen LogP contribution >= 0.6 is 0 Å². The van der Waals surface area contributed by atoms with Gasteiger partial charge in [0.2, 0.25) is 5.91 Å². The van der Waals surface area contributed by atoms with Gasteiger partial charge in [-0.05, 0) is 20.3 Å². The lowest BCUT2D eigenvalue weighted by molar-refractivity contribution is -0.128. The molecule has 1 N–H and O–H groups in total. The van der Waals surface area contributed by atoms with Crippen molar-refractivity contribution in [1.29, 1.82) is 5.26 Å². The molecule has 5 nitrogen and oxygen atoms in total. The van der Waals surface area contributed by atoms with E-state index in [1.165, 1.54) is 0 Å². The van der Waals surface area contributed by atoms with Crippen molar-refractivity contribution in [3.8, 4) is 6.07 Å². The fraction of sp³-hybridized carbons (Fsp3) is 0.583. The molecule has 0 radical (unpaired) electrons. The first-order chi connectivity index (χ1) is 8.01. The highest BCUT2D eigenvalue weighted by atomic mass is 16.2. The summed E-state index contributed by atoms with van der Waals surface area (Å²) in [6, 6.07) is 2.03. The van der Waals surface area contributed by atoms with Crippen LogP contribution in [0.15, 0.2) is 18.7 Å². The Morgan fingerprint density at radius 3 is 2.88 bits per heavy atom. The summed E-state index contributed by atoms with van der Waals surface area (Å²) in [4.78, 5) is 15.8. The molecule has 1 heterocycles. The zero-order valence-corrected chi connectivity index (χ0v) is 10.5. The van der Waals surface area contributed by atoms with Crippen molar-refractivity contribution < 1.29 is 4.79 Å². The van der Waals surface area contributed by atoms with E-state index in [9.17, 15) is 4.79 Å². The smallest absolute Gasteiger partial charge is 0.240 e. The van der Waals surface area contributed by atoms with E-state index in [4.69, 9.17) is 5.26 Å². The zero-order valence-electron chi connectivity index (χ0n) is 10.5. The van der Waals surface area contributed by atoms with Crippen LogP contribution in [0.25, 0.3) is 0 Å². The number of hydrogen-bond acceptors (Lipinski definition) is 3. The molecule has 0 aromatic carbocycles. The minimum absolute atomic E-state index is 0.0316. The Hall–Kier alpha value is -1.83. The molecule has 1 rings (SSSR count). The maximum Gasteiger partial charge on any atom is 0.240 e. The topological polar surface area (TPSA) is 70.7 Å². The minimum atomic E-state index is -0.941. The van der Waals surface area contributed by atoms with E-state index in [0.717, 1.165) is 0 Å². The van der Waals surface area contributed by atoms with Crippen molar-refractivity contribution in [3.05, 3.63) is 18.7 Å². The Morgan fingerprint density at radius 2 is 2.41 bits per heavy atom. The first kappa shape index (κ1) is 13.2. The number of hydrogen-bond donors (Lipinski definition) is 1. The lowest BCUT2D eigenvalue weighted by atomic mass is 9.88. The lowest BCUT2D eigenvalue weighted by Gasteiger charge is -2.22. The molecule has 0 aliphatic heterocycles. The summed E-state index contributed by atoms with van der Waals surface area (Å²) in [5.41, 5.74) is -0.941. The normalized spacial score (nSPS) is 15.6. The molecule has 92 valence electrons. The fourth-order valence-corrected chi connectivity index (χ4v) is 1.43.